The number of fused-ring (bicyclic) bond motifs is 1. The Morgan fingerprint density at radius 1 is 1.10 bits per heavy atom. The number of hydrogen-bond acceptors (Lipinski definition) is 9. The van der Waals surface area contributed by atoms with E-state index >= 15 is 0 Å². The maximum atomic E-state index is 13.4. The molecule has 3 aromatic heterocycles. The molecule has 6 rings (SSSR count). The molecule has 4 heterocycles. The van der Waals surface area contributed by atoms with Gasteiger partial charge in [-0.05, 0) is 41.8 Å². The smallest absolute Gasteiger partial charge is 0.250 e. The predicted octanol–water partition coefficient (Wildman–Crippen LogP) is 3.43. The first-order chi connectivity index (χ1) is 18.7. The van der Waals surface area contributed by atoms with Crippen LogP contribution in [-0.4, -0.2) is 37.7 Å². The third kappa shape index (κ3) is 5.11. The Hall–Kier alpha value is -3.85. The molecule has 14 heteroatoms. The largest absolute Gasteiger partial charge is 0.443 e. The highest BCUT2D eigenvalue weighted by molar-refractivity contribution is 7.91. The molecule has 1 amide bonds. The number of rotatable bonds is 8. The number of imidazole rings is 1. The van der Waals surface area contributed by atoms with Crippen LogP contribution in [0.1, 0.15) is 34.7 Å². The van der Waals surface area contributed by atoms with Crippen molar-refractivity contribution < 1.29 is 26.0 Å². The highest BCUT2D eigenvalue weighted by Gasteiger charge is 2.37. The van der Waals surface area contributed by atoms with Crippen LogP contribution < -0.4 is 9.44 Å². The number of oxazole rings is 1. The minimum Gasteiger partial charge on any atom is -0.443 e. The monoisotopic (exact) mass is 583 g/mol. The Labute approximate surface area is 227 Å². The fourth-order valence-electron chi connectivity index (χ4n) is 4.46. The molecular formula is C25H21N5O6S3. The van der Waals surface area contributed by atoms with Gasteiger partial charge in [-0.2, -0.15) is 4.72 Å². The zero-order valence-corrected chi connectivity index (χ0v) is 22.5. The third-order valence-electron chi connectivity index (χ3n) is 6.35. The second kappa shape index (κ2) is 9.72. The fraction of sp³-hybridized carbons (Fsp3) is 0.160. The van der Waals surface area contributed by atoms with Crippen LogP contribution in [0.2, 0.25) is 0 Å². The number of benzene rings is 2. The standard InChI is InChI=1S/C25H21N5O6S3/c31-23-12-22(38(32,33)30-23)16-7-5-15(6-8-16)11-19(25-27-17-3-1-2-4-18(17)28-25)29-39(34,35)24-10-9-21(37-24)20-13-26-14-36-20/h1-10,13-14,19,22,29H,11-12H2,(H,27,28)(H,30,31)/t19-,22?/m0/s1. The van der Waals surface area contributed by atoms with E-state index in [4.69, 9.17) is 4.42 Å². The minimum absolute atomic E-state index is 0.106. The zero-order valence-electron chi connectivity index (χ0n) is 20.1. The van der Waals surface area contributed by atoms with Crippen molar-refractivity contribution in [2.24, 2.45) is 0 Å². The van der Waals surface area contributed by atoms with Gasteiger partial charge >= 0.3 is 0 Å². The first-order valence-corrected chi connectivity index (χ1v) is 15.6. The van der Waals surface area contributed by atoms with Gasteiger partial charge in [0.15, 0.2) is 12.2 Å². The van der Waals surface area contributed by atoms with Gasteiger partial charge in [-0.15, -0.1) is 11.3 Å². The van der Waals surface area contributed by atoms with Crippen molar-refractivity contribution in [2.75, 3.05) is 0 Å². The molecule has 5 aromatic rings. The molecule has 1 aliphatic rings. The van der Waals surface area contributed by atoms with Crippen LogP contribution in [0.4, 0.5) is 0 Å². The topological polar surface area (TPSA) is 164 Å². The highest BCUT2D eigenvalue weighted by atomic mass is 32.2. The lowest BCUT2D eigenvalue weighted by Gasteiger charge is -2.17. The van der Waals surface area contributed by atoms with Gasteiger partial charge in [0.25, 0.3) is 10.0 Å². The molecular weight excluding hydrogens is 563 g/mol. The van der Waals surface area contributed by atoms with Crippen molar-refractivity contribution in [1.29, 1.82) is 0 Å². The molecule has 1 unspecified atom stereocenters. The van der Waals surface area contributed by atoms with Crippen LogP contribution in [0.15, 0.2) is 81.9 Å². The molecule has 39 heavy (non-hydrogen) atoms. The van der Waals surface area contributed by atoms with Crippen LogP contribution >= 0.6 is 11.3 Å². The van der Waals surface area contributed by atoms with Gasteiger partial charge in [-0.3, -0.25) is 9.52 Å². The number of nitrogens with one attached hydrogen (secondary N) is 3. The van der Waals surface area contributed by atoms with E-state index in [0.29, 0.717) is 27.5 Å². The molecule has 11 nitrogen and oxygen atoms in total. The summed E-state index contributed by atoms with van der Waals surface area (Å²) in [5.74, 6) is 0.365. The number of H-pyrrole nitrogens is 1. The van der Waals surface area contributed by atoms with Crippen LogP contribution in [0.3, 0.4) is 0 Å². The molecule has 0 radical (unpaired) electrons. The molecule has 3 N–H and O–H groups in total. The van der Waals surface area contributed by atoms with Gasteiger partial charge in [-0.1, -0.05) is 36.4 Å². The van der Waals surface area contributed by atoms with Crippen molar-refractivity contribution in [1.82, 2.24) is 24.4 Å². The number of hydrogen-bond donors (Lipinski definition) is 3. The summed E-state index contributed by atoms with van der Waals surface area (Å²) in [7, 11) is -7.72. The zero-order chi connectivity index (χ0) is 27.2. The van der Waals surface area contributed by atoms with Crippen molar-refractivity contribution in [2.45, 2.75) is 28.3 Å². The Kier molecular flexibility index (Phi) is 6.33. The normalized spacial score (nSPS) is 17.8. The van der Waals surface area contributed by atoms with E-state index in [0.717, 1.165) is 22.4 Å². The average molecular weight is 584 g/mol. The summed E-state index contributed by atoms with van der Waals surface area (Å²) in [6, 6.07) is 16.5. The van der Waals surface area contributed by atoms with E-state index < -0.39 is 37.2 Å². The van der Waals surface area contributed by atoms with E-state index in [1.54, 1.807) is 30.3 Å². The lowest BCUT2D eigenvalue weighted by molar-refractivity contribution is -0.118. The number of para-hydroxylation sites is 2. The van der Waals surface area contributed by atoms with E-state index in [2.05, 4.69) is 19.7 Å². The number of carbonyl (C=O) groups is 1. The SMILES string of the molecule is O=C1CC(c2ccc(C[C@H](NS(=O)(=O)c3ccc(-c4cnco4)s3)c3nc4ccccc4[nH]3)cc2)S(=O)(=O)N1. The van der Waals surface area contributed by atoms with E-state index in [9.17, 15) is 21.6 Å². The number of nitrogens with zero attached hydrogens (tertiary/aromatic N) is 2. The highest BCUT2D eigenvalue weighted by Crippen LogP contribution is 2.33. The molecule has 1 fully saturated rings. The van der Waals surface area contributed by atoms with Crippen molar-refractivity contribution >= 4 is 48.3 Å². The minimum atomic E-state index is -3.96. The Morgan fingerprint density at radius 2 is 1.90 bits per heavy atom. The number of amides is 1. The number of sulfonamides is 2. The van der Waals surface area contributed by atoms with Gasteiger partial charge in [0.1, 0.15) is 15.3 Å². The number of thiophene rings is 1. The van der Waals surface area contributed by atoms with Crippen molar-refractivity contribution in [3.05, 3.63) is 90.2 Å². The van der Waals surface area contributed by atoms with Crippen LogP contribution in [0.5, 0.6) is 0 Å². The van der Waals surface area contributed by atoms with Crippen molar-refractivity contribution in [3.63, 3.8) is 0 Å². The summed E-state index contributed by atoms with van der Waals surface area (Å²) in [5.41, 5.74) is 2.69. The maximum Gasteiger partial charge on any atom is 0.250 e. The van der Waals surface area contributed by atoms with E-state index in [1.807, 2.05) is 29.0 Å². The van der Waals surface area contributed by atoms with Gasteiger partial charge in [0.05, 0.1) is 34.6 Å². The summed E-state index contributed by atoms with van der Waals surface area (Å²) < 4.78 is 61.5. The molecule has 0 aliphatic carbocycles. The average Bonchev–Trinajstić information content (AvgIpc) is 3.69. The van der Waals surface area contributed by atoms with Crippen LogP contribution in [-0.2, 0) is 31.3 Å². The maximum absolute atomic E-state index is 13.4. The second-order valence-electron chi connectivity index (χ2n) is 9.01. The predicted molar refractivity (Wildman–Crippen MR) is 144 cm³/mol. The third-order valence-corrected chi connectivity index (χ3v) is 11.1. The first kappa shape index (κ1) is 25.4. The number of carbonyl (C=O) groups excluding carboxylic acids is 1. The quantitative estimate of drug-likeness (QED) is 0.250. The molecule has 0 spiro atoms. The van der Waals surface area contributed by atoms with E-state index in [1.165, 1.54) is 18.7 Å². The Morgan fingerprint density at radius 3 is 2.59 bits per heavy atom. The second-order valence-corrected chi connectivity index (χ2v) is 13.9. The molecule has 0 bridgehead atoms. The van der Waals surface area contributed by atoms with Crippen molar-refractivity contribution in [3.8, 4) is 10.6 Å². The Bertz CT molecular complexity index is 1840. The first-order valence-electron chi connectivity index (χ1n) is 11.8. The number of aromatic amines is 1. The fourth-order valence-corrected chi connectivity index (χ4v) is 8.37. The molecule has 2 atom stereocenters. The van der Waals surface area contributed by atoms with Crippen LogP contribution in [0, 0.1) is 0 Å². The molecule has 1 saturated heterocycles. The van der Waals surface area contributed by atoms with Gasteiger partial charge in [0, 0.05) is 0 Å². The summed E-state index contributed by atoms with van der Waals surface area (Å²) in [6.07, 6.45) is 2.88. The number of aromatic nitrogens is 3. The molecule has 0 saturated carbocycles. The molecule has 2 aromatic carbocycles. The summed E-state index contributed by atoms with van der Waals surface area (Å²) in [6.45, 7) is 0. The van der Waals surface area contributed by atoms with Crippen LogP contribution in [0.25, 0.3) is 21.7 Å². The summed E-state index contributed by atoms with van der Waals surface area (Å²) in [5, 5.41) is -0.957. The van der Waals surface area contributed by atoms with E-state index in [-0.39, 0.29) is 17.1 Å². The van der Waals surface area contributed by atoms with Gasteiger partial charge in [-0.25, -0.2) is 26.8 Å². The lowest BCUT2D eigenvalue weighted by Crippen LogP contribution is -2.30. The van der Waals surface area contributed by atoms with Gasteiger partial charge < -0.3 is 9.40 Å². The summed E-state index contributed by atoms with van der Waals surface area (Å²) in [4.78, 5) is 24.0. The Balaban J connectivity index is 1.30. The molecule has 200 valence electrons. The van der Waals surface area contributed by atoms with Gasteiger partial charge in [0.2, 0.25) is 15.9 Å². The molecule has 1 aliphatic heterocycles. The summed E-state index contributed by atoms with van der Waals surface area (Å²) >= 11 is 1.06. The lowest BCUT2D eigenvalue weighted by atomic mass is 10.0.